The zero-order chi connectivity index (χ0) is 18.5. The molecule has 2 aromatic heterocycles. The predicted octanol–water partition coefficient (Wildman–Crippen LogP) is 1.93. The molecule has 7 heteroatoms. The Morgan fingerprint density at radius 2 is 1.96 bits per heavy atom. The Labute approximate surface area is 149 Å². The van der Waals surface area contributed by atoms with E-state index in [1.807, 2.05) is 35.2 Å². The number of rotatable bonds is 6. The number of halogens is 1. The van der Waals surface area contributed by atoms with Crippen molar-refractivity contribution in [1.29, 1.82) is 0 Å². The first-order chi connectivity index (χ1) is 12.5. The van der Waals surface area contributed by atoms with Gasteiger partial charge < -0.3 is 9.88 Å². The Kier molecular flexibility index (Phi) is 5.26. The van der Waals surface area contributed by atoms with Gasteiger partial charge in [-0.05, 0) is 42.3 Å². The van der Waals surface area contributed by atoms with Gasteiger partial charge in [-0.15, -0.1) is 0 Å². The first-order valence-corrected chi connectivity index (χ1v) is 8.22. The molecule has 3 aromatic rings. The van der Waals surface area contributed by atoms with Gasteiger partial charge in [0.05, 0.1) is 6.04 Å². The maximum absolute atomic E-state index is 13.5. The van der Waals surface area contributed by atoms with Gasteiger partial charge in [0.15, 0.2) is 0 Å². The number of nitrogens with zero attached hydrogens (tertiary/aromatic N) is 3. The van der Waals surface area contributed by atoms with Crippen molar-refractivity contribution in [2.45, 2.75) is 12.5 Å². The molecule has 134 valence electrons. The summed E-state index contributed by atoms with van der Waals surface area (Å²) in [6.45, 7) is 0.342. The van der Waals surface area contributed by atoms with E-state index in [9.17, 15) is 14.0 Å². The molecule has 26 heavy (non-hydrogen) atoms. The van der Waals surface area contributed by atoms with Gasteiger partial charge in [-0.2, -0.15) is 5.10 Å². The largest absolute Gasteiger partial charge is 0.349 e. The molecule has 0 aliphatic rings. The topological polar surface area (TPSA) is 68.9 Å². The van der Waals surface area contributed by atoms with Crippen LogP contribution in [0.1, 0.15) is 22.1 Å². The normalized spacial score (nSPS) is 11.9. The minimum Gasteiger partial charge on any atom is -0.349 e. The van der Waals surface area contributed by atoms with Crippen molar-refractivity contribution in [2.24, 2.45) is 7.05 Å². The van der Waals surface area contributed by atoms with E-state index in [2.05, 4.69) is 10.4 Å². The lowest BCUT2D eigenvalue weighted by Gasteiger charge is -2.20. The number of hydrogen-bond acceptors (Lipinski definition) is 3. The third-order valence-electron chi connectivity index (χ3n) is 4.10. The standard InChI is InChI=1S/C19H19FN4O2/c1-23-18(25)8-7-17(22-23)19(26)21-13-16(24-9-2-3-10-24)12-14-5-4-6-15(20)11-14/h2-11,16H,12-13H2,1H3,(H,21,26). The SMILES string of the molecule is Cn1nc(C(=O)NCC(Cc2cccc(F)c2)n2cccc2)ccc1=O. The number of hydrogen-bond donors (Lipinski definition) is 1. The van der Waals surface area contributed by atoms with Gasteiger partial charge >= 0.3 is 0 Å². The average molecular weight is 354 g/mol. The maximum atomic E-state index is 13.5. The summed E-state index contributed by atoms with van der Waals surface area (Å²) in [5.74, 6) is -0.649. The molecule has 1 N–H and O–H groups in total. The Morgan fingerprint density at radius 3 is 2.65 bits per heavy atom. The zero-order valence-electron chi connectivity index (χ0n) is 14.3. The van der Waals surface area contributed by atoms with Crippen molar-refractivity contribution in [3.05, 3.63) is 88.4 Å². The molecule has 0 bridgehead atoms. The monoisotopic (exact) mass is 354 g/mol. The van der Waals surface area contributed by atoms with Gasteiger partial charge in [0.2, 0.25) is 0 Å². The fourth-order valence-electron chi connectivity index (χ4n) is 2.73. The van der Waals surface area contributed by atoms with Gasteiger partial charge in [0.1, 0.15) is 11.5 Å². The number of carbonyl (C=O) groups is 1. The average Bonchev–Trinajstić information content (AvgIpc) is 3.15. The molecular weight excluding hydrogens is 335 g/mol. The summed E-state index contributed by atoms with van der Waals surface area (Å²) >= 11 is 0. The van der Waals surface area contributed by atoms with E-state index < -0.39 is 0 Å². The molecule has 0 spiro atoms. The summed E-state index contributed by atoms with van der Waals surface area (Å²) in [4.78, 5) is 23.7. The second-order valence-electron chi connectivity index (χ2n) is 6.01. The number of nitrogens with one attached hydrogen (secondary N) is 1. The summed E-state index contributed by atoms with van der Waals surface area (Å²) < 4.78 is 16.5. The van der Waals surface area contributed by atoms with E-state index in [1.165, 1.54) is 31.3 Å². The van der Waals surface area contributed by atoms with Gasteiger partial charge in [-0.25, -0.2) is 9.07 Å². The first-order valence-electron chi connectivity index (χ1n) is 8.22. The van der Waals surface area contributed by atoms with Crippen LogP contribution in [-0.2, 0) is 13.5 Å². The smallest absolute Gasteiger partial charge is 0.271 e. The molecule has 0 aliphatic carbocycles. The minimum absolute atomic E-state index is 0.0803. The Balaban J connectivity index is 1.72. The number of aromatic nitrogens is 3. The van der Waals surface area contributed by atoms with Crippen LogP contribution in [0, 0.1) is 5.82 Å². The summed E-state index contributed by atoms with van der Waals surface area (Å²) in [5, 5.41) is 6.78. The predicted molar refractivity (Wildman–Crippen MR) is 95.4 cm³/mol. The molecular formula is C19H19FN4O2. The molecule has 1 amide bonds. The van der Waals surface area contributed by atoms with Crippen molar-refractivity contribution in [1.82, 2.24) is 19.7 Å². The van der Waals surface area contributed by atoms with Crippen molar-refractivity contribution in [3.8, 4) is 0 Å². The zero-order valence-corrected chi connectivity index (χ0v) is 14.3. The van der Waals surface area contributed by atoms with Crippen LogP contribution in [0.15, 0.2) is 65.7 Å². The molecule has 0 saturated carbocycles. The summed E-state index contributed by atoms with van der Waals surface area (Å²) in [6, 6.07) is 12.8. The van der Waals surface area contributed by atoms with Crippen LogP contribution in [-0.4, -0.2) is 26.8 Å². The number of amides is 1. The van der Waals surface area contributed by atoms with E-state index in [1.54, 1.807) is 6.07 Å². The summed E-state index contributed by atoms with van der Waals surface area (Å²) in [5.41, 5.74) is 0.736. The van der Waals surface area contributed by atoms with E-state index in [-0.39, 0.29) is 29.0 Å². The van der Waals surface area contributed by atoms with Gasteiger partial charge in [-0.3, -0.25) is 9.59 Å². The van der Waals surface area contributed by atoms with Gasteiger partial charge in [0, 0.05) is 32.1 Å². The molecule has 3 rings (SSSR count). The van der Waals surface area contributed by atoms with Crippen LogP contribution in [0.2, 0.25) is 0 Å². The molecule has 1 unspecified atom stereocenters. The van der Waals surface area contributed by atoms with Crippen LogP contribution >= 0.6 is 0 Å². The Morgan fingerprint density at radius 1 is 1.19 bits per heavy atom. The molecule has 1 aromatic carbocycles. The highest BCUT2D eigenvalue weighted by molar-refractivity contribution is 5.91. The minimum atomic E-state index is -0.364. The van der Waals surface area contributed by atoms with E-state index in [4.69, 9.17) is 0 Å². The second kappa shape index (κ2) is 7.77. The lowest BCUT2D eigenvalue weighted by atomic mass is 10.1. The maximum Gasteiger partial charge on any atom is 0.271 e. The number of carbonyl (C=O) groups excluding carboxylic acids is 1. The van der Waals surface area contributed by atoms with E-state index in [0.717, 1.165) is 10.2 Å². The van der Waals surface area contributed by atoms with Crippen molar-refractivity contribution in [3.63, 3.8) is 0 Å². The Hall–Kier alpha value is -3.22. The van der Waals surface area contributed by atoms with Crippen LogP contribution in [0.25, 0.3) is 0 Å². The third-order valence-corrected chi connectivity index (χ3v) is 4.10. The molecule has 0 radical (unpaired) electrons. The van der Waals surface area contributed by atoms with Crippen LogP contribution in [0.5, 0.6) is 0 Å². The third kappa shape index (κ3) is 4.24. The van der Waals surface area contributed by atoms with Gasteiger partial charge in [-0.1, -0.05) is 12.1 Å². The van der Waals surface area contributed by atoms with Crippen molar-refractivity contribution >= 4 is 5.91 Å². The quantitative estimate of drug-likeness (QED) is 0.735. The molecule has 6 nitrogen and oxygen atoms in total. The number of aryl methyl sites for hydroxylation is 1. The van der Waals surface area contributed by atoms with Crippen LogP contribution in [0.4, 0.5) is 4.39 Å². The fraction of sp³-hybridized carbons (Fsp3) is 0.211. The van der Waals surface area contributed by atoms with Crippen LogP contribution < -0.4 is 10.9 Å². The molecule has 0 aliphatic heterocycles. The second-order valence-corrected chi connectivity index (χ2v) is 6.01. The van der Waals surface area contributed by atoms with Crippen LogP contribution in [0.3, 0.4) is 0 Å². The number of benzene rings is 1. The van der Waals surface area contributed by atoms with E-state index >= 15 is 0 Å². The lowest BCUT2D eigenvalue weighted by Crippen LogP contribution is -2.33. The molecule has 0 saturated heterocycles. The molecule has 0 fully saturated rings. The highest BCUT2D eigenvalue weighted by Crippen LogP contribution is 2.15. The van der Waals surface area contributed by atoms with Crippen molar-refractivity contribution in [2.75, 3.05) is 6.54 Å². The van der Waals surface area contributed by atoms with Gasteiger partial charge in [0.25, 0.3) is 11.5 Å². The van der Waals surface area contributed by atoms with E-state index in [0.29, 0.717) is 13.0 Å². The Bertz CT molecular complexity index is 950. The highest BCUT2D eigenvalue weighted by Gasteiger charge is 2.15. The summed E-state index contributed by atoms with van der Waals surface area (Å²) in [6.07, 6.45) is 4.37. The summed E-state index contributed by atoms with van der Waals surface area (Å²) in [7, 11) is 1.49. The molecule has 2 heterocycles. The highest BCUT2D eigenvalue weighted by atomic mass is 19.1. The lowest BCUT2D eigenvalue weighted by molar-refractivity contribution is 0.0940. The first kappa shape index (κ1) is 17.6. The molecule has 1 atom stereocenters. The fourth-order valence-corrected chi connectivity index (χ4v) is 2.73. The van der Waals surface area contributed by atoms with Crippen molar-refractivity contribution < 1.29 is 9.18 Å².